The van der Waals surface area contributed by atoms with Crippen molar-refractivity contribution in [2.24, 2.45) is 16.9 Å². The first-order chi connectivity index (χ1) is 11.6. The van der Waals surface area contributed by atoms with Crippen LogP contribution in [-0.2, 0) is 9.59 Å². The predicted octanol–water partition coefficient (Wildman–Crippen LogP) is 3.46. The molecule has 1 aromatic carbocycles. The van der Waals surface area contributed by atoms with Gasteiger partial charge in [0, 0.05) is 17.5 Å². The highest BCUT2D eigenvalue weighted by atomic mass is 16.2. The number of nitrogens with one attached hydrogen (secondary N) is 2. The van der Waals surface area contributed by atoms with E-state index in [1.54, 1.807) is 0 Å². The third-order valence-electron chi connectivity index (χ3n) is 4.83. The molecule has 0 heterocycles. The number of hydrogen-bond acceptors (Lipinski definition) is 3. The first kappa shape index (κ1) is 16.7. The van der Waals surface area contributed by atoms with Crippen LogP contribution in [0.15, 0.2) is 29.4 Å². The van der Waals surface area contributed by atoms with Gasteiger partial charge in [0.2, 0.25) is 11.8 Å². The molecule has 0 aliphatic heterocycles. The van der Waals surface area contributed by atoms with Gasteiger partial charge in [-0.2, -0.15) is 5.10 Å². The zero-order valence-corrected chi connectivity index (χ0v) is 14.2. The van der Waals surface area contributed by atoms with Gasteiger partial charge in [0.15, 0.2) is 0 Å². The van der Waals surface area contributed by atoms with Gasteiger partial charge in [0.05, 0.1) is 5.71 Å². The van der Waals surface area contributed by atoms with Crippen LogP contribution < -0.4 is 10.7 Å². The van der Waals surface area contributed by atoms with E-state index in [1.165, 1.54) is 6.42 Å². The molecule has 0 saturated heterocycles. The van der Waals surface area contributed by atoms with Crippen LogP contribution in [0.25, 0.3) is 0 Å². The average Bonchev–Trinajstić information content (AvgIpc) is 3.46. The van der Waals surface area contributed by atoms with Crippen molar-refractivity contribution in [1.82, 2.24) is 5.43 Å². The fraction of sp³-hybridized carbons (Fsp3) is 0.526. The topological polar surface area (TPSA) is 70.6 Å². The molecule has 2 N–H and O–H groups in total. The number of nitrogens with zero attached hydrogens (tertiary/aromatic N) is 1. The zero-order valence-electron chi connectivity index (χ0n) is 14.2. The lowest BCUT2D eigenvalue weighted by Gasteiger charge is -2.20. The molecule has 2 fully saturated rings. The van der Waals surface area contributed by atoms with Crippen molar-refractivity contribution in [2.75, 3.05) is 5.32 Å². The molecule has 2 aliphatic carbocycles. The van der Waals surface area contributed by atoms with Gasteiger partial charge < -0.3 is 5.32 Å². The lowest BCUT2D eigenvalue weighted by Crippen LogP contribution is -2.24. The minimum absolute atomic E-state index is 0.00529. The second-order valence-corrected chi connectivity index (χ2v) is 6.85. The van der Waals surface area contributed by atoms with Crippen LogP contribution in [-0.4, -0.2) is 17.5 Å². The molecule has 5 heteroatoms. The third-order valence-corrected chi connectivity index (χ3v) is 4.83. The summed E-state index contributed by atoms with van der Waals surface area (Å²) in [4.78, 5) is 23.9. The predicted molar refractivity (Wildman–Crippen MR) is 94.7 cm³/mol. The van der Waals surface area contributed by atoms with Crippen LogP contribution in [0.2, 0.25) is 0 Å². The van der Waals surface area contributed by atoms with Gasteiger partial charge >= 0.3 is 0 Å². The zero-order chi connectivity index (χ0) is 16.9. The molecule has 3 rings (SSSR count). The molecule has 5 nitrogen and oxygen atoms in total. The summed E-state index contributed by atoms with van der Waals surface area (Å²) in [5.41, 5.74) is 5.11. The van der Waals surface area contributed by atoms with Crippen molar-refractivity contribution in [1.29, 1.82) is 0 Å². The van der Waals surface area contributed by atoms with Crippen LogP contribution in [0.1, 0.15) is 57.4 Å². The Morgan fingerprint density at radius 1 is 0.917 bits per heavy atom. The second-order valence-electron chi connectivity index (χ2n) is 6.85. The summed E-state index contributed by atoms with van der Waals surface area (Å²) in [6.45, 7) is 1.86. The van der Waals surface area contributed by atoms with Crippen LogP contribution in [0.5, 0.6) is 0 Å². The van der Waals surface area contributed by atoms with E-state index in [4.69, 9.17) is 0 Å². The largest absolute Gasteiger partial charge is 0.326 e. The van der Waals surface area contributed by atoms with E-state index in [1.807, 2.05) is 31.2 Å². The number of carbonyl (C=O) groups is 2. The monoisotopic (exact) mass is 327 g/mol. The van der Waals surface area contributed by atoms with Gasteiger partial charge in [-0.05, 0) is 50.3 Å². The molecular weight excluding hydrogens is 302 g/mol. The highest BCUT2D eigenvalue weighted by molar-refractivity contribution is 6.00. The van der Waals surface area contributed by atoms with E-state index in [0.717, 1.165) is 55.5 Å². The van der Waals surface area contributed by atoms with Crippen molar-refractivity contribution in [3.05, 3.63) is 29.8 Å². The summed E-state index contributed by atoms with van der Waals surface area (Å²) in [5, 5.41) is 7.15. The lowest BCUT2D eigenvalue weighted by atomic mass is 9.88. The average molecular weight is 327 g/mol. The Kier molecular flexibility index (Phi) is 5.28. The lowest BCUT2D eigenvalue weighted by molar-refractivity contribution is -0.122. The first-order valence-corrected chi connectivity index (χ1v) is 8.89. The molecule has 0 spiro atoms. The fourth-order valence-electron chi connectivity index (χ4n) is 3.04. The molecule has 128 valence electrons. The van der Waals surface area contributed by atoms with Gasteiger partial charge in [0.1, 0.15) is 0 Å². The van der Waals surface area contributed by atoms with Crippen LogP contribution in [0, 0.1) is 11.8 Å². The van der Waals surface area contributed by atoms with Crippen molar-refractivity contribution < 1.29 is 9.59 Å². The number of hydrogen-bond donors (Lipinski definition) is 2. The third kappa shape index (κ3) is 4.43. The molecule has 1 aromatic rings. The molecule has 2 amide bonds. The van der Waals surface area contributed by atoms with E-state index in [-0.39, 0.29) is 23.7 Å². The van der Waals surface area contributed by atoms with E-state index < -0.39 is 0 Å². The molecule has 0 atom stereocenters. The summed E-state index contributed by atoms with van der Waals surface area (Å²) < 4.78 is 0. The minimum atomic E-state index is 0.00529. The van der Waals surface area contributed by atoms with Gasteiger partial charge in [0.25, 0.3) is 0 Å². The SMILES string of the molecule is C/C(=N\NC(=O)C1CC1)c1ccc(NC(=O)C2CCCCC2)cc1. The Hall–Kier alpha value is -2.17. The van der Waals surface area contributed by atoms with Gasteiger partial charge in [-0.1, -0.05) is 31.4 Å². The Morgan fingerprint density at radius 2 is 1.54 bits per heavy atom. The quantitative estimate of drug-likeness (QED) is 0.642. The summed E-state index contributed by atoms with van der Waals surface area (Å²) in [7, 11) is 0. The number of anilines is 1. The molecule has 2 aliphatic rings. The maximum absolute atomic E-state index is 12.3. The maximum Gasteiger partial charge on any atom is 0.243 e. The van der Waals surface area contributed by atoms with Crippen molar-refractivity contribution in [3.8, 4) is 0 Å². The summed E-state index contributed by atoms with van der Waals surface area (Å²) in [6, 6.07) is 7.60. The maximum atomic E-state index is 12.3. The molecule has 0 aromatic heterocycles. The van der Waals surface area contributed by atoms with E-state index in [2.05, 4.69) is 15.8 Å². The first-order valence-electron chi connectivity index (χ1n) is 8.89. The normalized spacial score (nSPS) is 19.0. The van der Waals surface area contributed by atoms with Gasteiger partial charge in [-0.15, -0.1) is 0 Å². The van der Waals surface area contributed by atoms with Crippen molar-refractivity contribution >= 4 is 23.2 Å². The minimum Gasteiger partial charge on any atom is -0.326 e. The second kappa shape index (κ2) is 7.60. The van der Waals surface area contributed by atoms with E-state index in [9.17, 15) is 9.59 Å². The van der Waals surface area contributed by atoms with Crippen LogP contribution in [0.3, 0.4) is 0 Å². The van der Waals surface area contributed by atoms with Crippen molar-refractivity contribution in [3.63, 3.8) is 0 Å². The number of benzene rings is 1. The number of hydrazone groups is 1. The summed E-state index contributed by atoms with van der Waals surface area (Å²) in [6.07, 6.45) is 7.48. The molecular formula is C19H25N3O2. The van der Waals surface area contributed by atoms with Gasteiger partial charge in [-0.3, -0.25) is 9.59 Å². The summed E-state index contributed by atoms with van der Waals surface area (Å²) >= 11 is 0. The Morgan fingerprint density at radius 3 is 2.17 bits per heavy atom. The number of carbonyl (C=O) groups excluding carboxylic acids is 2. The van der Waals surface area contributed by atoms with Crippen LogP contribution in [0.4, 0.5) is 5.69 Å². The molecule has 24 heavy (non-hydrogen) atoms. The molecule has 0 radical (unpaired) electrons. The molecule has 2 saturated carbocycles. The fourth-order valence-corrected chi connectivity index (χ4v) is 3.04. The Labute approximate surface area is 142 Å². The number of amides is 2. The Balaban J connectivity index is 1.55. The number of rotatable bonds is 5. The smallest absolute Gasteiger partial charge is 0.243 e. The standard InChI is InChI=1S/C19H25N3O2/c1-13(21-22-19(24)16-7-8-16)14-9-11-17(12-10-14)20-18(23)15-5-3-2-4-6-15/h9-12,15-16H,2-8H2,1H3,(H,20,23)(H,22,24)/b21-13+. The van der Waals surface area contributed by atoms with E-state index >= 15 is 0 Å². The van der Waals surface area contributed by atoms with Crippen molar-refractivity contribution in [2.45, 2.75) is 51.9 Å². The Bertz CT molecular complexity index is 627. The molecule has 0 bridgehead atoms. The summed E-state index contributed by atoms with van der Waals surface area (Å²) in [5.74, 6) is 0.438. The van der Waals surface area contributed by atoms with E-state index in [0.29, 0.717) is 0 Å². The molecule has 0 unspecified atom stereocenters. The van der Waals surface area contributed by atoms with Crippen LogP contribution >= 0.6 is 0 Å². The highest BCUT2D eigenvalue weighted by Crippen LogP contribution is 2.28. The van der Waals surface area contributed by atoms with Gasteiger partial charge in [-0.25, -0.2) is 5.43 Å². The highest BCUT2D eigenvalue weighted by Gasteiger charge is 2.29.